The Morgan fingerprint density at radius 1 is 1.33 bits per heavy atom. The molecule has 1 aliphatic rings. The van der Waals surface area contributed by atoms with Gasteiger partial charge in [0.15, 0.2) is 6.61 Å². The highest BCUT2D eigenvalue weighted by atomic mass is 16.7. The van der Waals surface area contributed by atoms with Gasteiger partial charge < -0.3 is 10.4 Å². The predicted octanol–water partition coefficient (Wildman–Crippen LogP) is 0.858. The van der Waals surface area contributed by atoms with Gasteiger partial charge in [-0.1, -0.05) is 30.3 Å². The highest BCUT2D eigenvalue weighted by Gasteiger charge is 2.39. The molecule has 0 saturated heterocycles. The number of carboxylic acids is 1. The van der Waals surface area contributed by atoms with Crippen LogP contribution >= 0.6 is 0 Å². The van der Waals surface area contributed by atoms with Gasteiger partial charge in [-0.3, -0.25) is 4.84 Å². The smallest absolute Gasteiger partial charge is 0.338 e. The molecule has 1 aliphatic carbocycles. The van der Waals surface area contributed by atoms with Crippen molar-refractivity contribution in [3.8, 4) is 0 Å². The molecule has 2 unspecified atom stereocenters. The van der Waals surface area contributed by atoms with Crippen molar-refractivity contribution in [2.45, 2.75) is 18.4 Å². The number of hydrogen-bond donors (Lipinski definition) is 3. The van der Waals surface area contributed by atoms with Gasteiger partial charge in [-0.25, -0.2) is 15.1 Å². The Morgan fingerprint density at radius 3 is 2.72 bits per heavy atom. The van der Waals surface area contributed by atoms with E-state index in [-0.39, 0.29) is 6.04 Å². The second-order valence-corrected chi connectivity index (χ2v) is 4.12. The molecule has 0 aromatic heterocycles. The summed E-state index contributed by atoms with van der Waals surface area (Å²) in [5.41, 5.74) is 3.22. The van der Waals surface area contributed by atoms with Gasteiger partial charge in [0.1, 0.15) is 0 Å². The van der Waals surface area contributed by atoms with E-state index < -0.39 is 18.6 Å². The fourth-order valence-electron chi connectivity index (χ4n) is 1.78. The molecule has 6 heteroatoms. The Labute approximate surface area is 104 Å². The summed E-state index contributed by atoms with van der Waals surface area (Å²) in [6.07, 6.45) is 0.885. The first kappa shape index (κ1) is 12.4. The van der Waals surface area contributed by atoms with Crippen molar-refractivity contribution in [3.63, 3.8) is 0 Å². The molecule has 18 heavy (non-hydrogen) atoms. The Morgan fingerprint density at radius 2 is 2.06 bits per heavy atom. The molecule has 1 saturated carbocycles. The van der Waals surface area contributed by atoms with E-state index in [1.165, 1.54) is 5.56 Å². The summed E-state index contributed by atoms with van der Waals surface area (Å²) in [7, 11) is 0. The summed E-state index contributed by atoms with van der Waals surface area (Å²) in [6.45, 7) is -0.555. The van der Waals surface area contributed by atoms with Crippen LogP contribution < -0.4 is 10.8 Å². The number of rotatable bonds is 5. The van der Waals surface area contributed by atoms with Crippen molar-refractivity contribution in [3.05, 3.63) is 35.9 Å². The zero-order valence-corrected chi connectivity index (χ0v) is 9.63. The quantitative estimate of drug-likeness (QED) is 0.676. The first-order valence-corrected chi connectivity index (χ1v) is 5.62. The topological polar surface area (TPSA) is 87.7 Å². The van der Waals surface area contributed by atoms with E-state index in [1.807, 2.05) is 35.8 Å². The minimum absolute atomic E-state index is 0.0841. The third kappa shape index (κ3) is 3.46. The second-order valence-electron chi connectivity index (χ2n) is 4.12. The lowest BCUT2D eigenvalue weighted by atomic mass is 10.1. The van der Waals surface area contributed by atoms with Crippen molar-refractivity contribution < 1.29 is 19.5 Å². The van der Waals surface area contributed by atoms with E-state index in [9.17, 15) is 9.59 Å². The number of carbonyl (C=O) groups is 2. The van der Waals surface area contributed by atoms with E-state index in [1.54, 1.807) is 0 Å². The molecule has 6 nitrogen and oxygen atoms in total. The fourth-order valence-corrected chi connectivity index (χ4v) is 1.78. The van der Waals surface area contributed by atoms with E-state index in [4.69, 9.17) is 5.11 Å². The molecule has 3 N–H and O–H groups in total. The Bertz CT molecular complexity index is 435. The van der Waals surface area contributed by atoms with Crippen LogP contribution in [0.3, 0.4) is 0 Å². The molecule has 96 valence electrons. The van der Waals surface area contributed by atoms with Crippen LogP contribution in [0.2, 0.25) is 0 Å². The van der Waals surface area contributed by atoms with Gasteiger partial charge in [0.2, 0.25) is 0 Å². The Hall–Kier alpha value is -2.08. The summed E-state index contributed by atoms with van der Waals surface area (Å²) in [4.78, 5) is 25.9. The van der Waals surface area contributed by atoms with Crippen LogP contribution in [0.1, 0.15) is 17.9 Å². The van der Waals surface area contributed by atoms with Crippen molar-refractivity contribution in [2.24, 2.45) is 0 Å². The highest BCUT2D eigenvalue weighted by Crippen LogP contribution is 2.40. The van der Waals surface area contributed by atoms with Crippen LogP contribution in [0.15, 0.2) is 30.3 Å². The number of hydrogen-bond acceptors (Lipinski definition) is 3. The van der Waals surface area contributed by atoms with Gasteiger partial charge in [0.05, 0.1) is 0 Å². The molecule has 0 spiro atoms. The van der Waals surface area contributed by atoms with Crippen molar-refractivity contribution in [2.75, 3.05) is 6.61 Å². The summed E-state index contributed by atoms with van der Waals surface area (Å²) in [5.74, 6) is -0.805. The largest absolute Gasteiger partial charge is 0.479 e. The fraction of sp³-hybridized carbons (Fsp3) is 0.333. The molecule has 1 aromatic rings. The third-order valence-corrected chi connectivity index (χ3v) is 2.70. The maximum Gasteiger partial charge on any atom is 0.338 e. The van der Waals surface area contributed by atoms with Crippen LogP contribution in [-0.4, -0.2) is 29.8 Å². The average molecular weight is 250 g/mol. The zero-order valence-electron chi connectivity index (χ0n) is 9.63. The van der Waals surface area contributed by atoms with Gasteiger partial charge >= 0.3 is 12.0 Å². The number of hydroxylamine groups is 1. The maximum atomic E-state index is 11.3. The second kappa shape index (κ2) is 5.50. The molecular formula is C12H14N2O4. The molecule has 1 fully saturated rings. The number of amides is 2. The van der Waals surface area contributed by atoms with Crippen LogP contribution in [0.25, 0.3) is 0 Å². The van der Waals surface area contributed by atoms with Crippen molar-refractivity contribution >= 4 is 12.0 Å². The lowest BCUT2D eigenvalue weighted by Gasteiger charge is -2.06. The van der Waals surface area contributed by atoms with E-state index >= 15 is 0 Å². The Balaban J connectivity index is 1.70. The molecule has 2 rings (SSSR count). The number of urea groups is 1. The van der Waals surface area contributed by atoms with Gasteiger partial charge in [-0.05, 0) is 12.0 Å². The van der Waals surface area contributed by atoms with Crippen LogP contribution in [-0.2, 0) is 9.63 Å². The molecule has 2 amide bonds. The average Bonchev–Trinajstić information content (AvgIpc) is 3.09. The molecule has 1 aromatic carbocycles. The zero-order chi connectivity index (χ0) is 13.0. The van der Waals surface area contributed by atoms with Crippen LogP contribution in [0.4, 0.5) is 4.79 Å². The minimum Gasteiger partial charge on any atom is -0.479 e. The predicted molar refractivity (Wildman–Crippen MR) is 62.8 cm³/mol. The number of benzene rings is 1. The molecule has 0 aliphatic heterocycles. The van der Waals surface area contributed by atoms with Gasteiger partial charge in [0.25, 0.3) is 0 Å². The normalized spacial score (nSPS) is 21.1. The summed E-state index contributed by atoms with van der Waals surface area (Å²) < 4.78 is 0. The maximum absolute atomic E-state index is 11.3. The monoisotopic (exact) mass is 250 g/mol. The third-order valence-electron chi connectivity index (χ3n) is 2.70. The van der Waals surface area contributed by atoms with Gasteiger partial charge in [-0.15, -0.1) is 0 Å². The SMILES string of the molecule is O=C(O)CONC(=O)NC1CC1c1ccccc1. The minimum atomic E-state index is -1.14. The number of carbonyl (C=O) groups excluding carboxylic acids is 1. The van der Waals surface area contributed by atoms with Crippen LogP contribution in [0.5, 0.6) is 0 Å². The first-order valence-electron chi connectivity index (χ1n) is 5.62. The van der Waals surface area contributed by atoms with Gasteiger partial charge in [0, 0.05) is 12.0 Å². The lowest BCUT2D eigenvalue weighted by Crippen LogP contribution is -2.38. The number of aliphatic carboxylic acids is 1. The standard InChI is InChI=1S/C12H14N2O4/c15-11(16)7-18-14-12(17)13-10-6-9(10)8-4-2-1-3-5-8/h1-5,9-10H,6-7H2,(H,15,16)(H2,13,14,17). The summed E-state index contributed by atoms with van der Waals surface area (Å²) in [6, 6.07) is 9.47. The molecule has 0 radical (unpaired) electrons. The van der Waals surface area contributed by atoms with Crippen molar-refractivity contribution in [1.29, 1.82) is 0 Å². The first-order chi connectivity index (χ1) is 8.66. The molecule has 0 bridgehead atoms. The van der Waals surface area contributed by atoms with E-state index in [0.717, 1.165) is 6.42 Å². The van der Waals surface area contributed by atoms with E-state index in [0.29, 0.717) is 5.92 Å². The number of carboxylic acid groups (broad SMARTS) is 1. The Kier molecular flexibility index (Phi) is 3.78. The molecular weight excluding hydrogens is 236 g/mol. The molecule has 2 atom stereocenters. The lowest BCUT2D eigenvalue weighted by molar-refractivity contribution is -0.144. The molecule has 0 heterocycles. The van der Waals surface area contributed by atoms with Crippen molar-refractivity contribution in [1.82, 2.24) is 10.8 Å². The van der Waals surface area contributed by atoms with Gasteiger partial charge in [-0.2, -0.15) is 0 Å². The summed E-state index contributed by atoms with van der Waals surface area (Å²) in [5, 5.41) is 11.0. The van der Waals surface area contributed by atoms with E-state index in [2.05, 4.69) is 10.2 Å². The highest BCUT2D eigenvalue weighted by molar-refractivity contribution is 5.74. The summed E-state index contributed by atoms with van der Waals surface area (Å²) >= 11 is 0. The van der Waals surface area contributed by atoms with Crippen LogP contribution in [0, 0.1) is 0 Å². The number of nitrogens with one attached hydrogen (secondary N) is 2.